The van der Waals surface area contributed by atoms with Crippen LogP contribution in [0.5, 0.6) is 0 Å². The van der Waals surface area contributed by atoms with Gasteiger partial charge in [-0.25, -0.2) is 4.79 Å². The molecule has 1 saturated heterocycles. The molecular weight excluding hydrogens is 328 g/mol. The molecule has 26 heavy (non-hydrogen) atoms. The molecule has 0 aromatic heterocycles. The van der Waals surface area contributed by atoms with Crippen molar-refractivity contribution in [3.05, 3.63) is 35.4 Å². The van der Waals surface area contributed by atoms with Crippen molar-refractivity contribution < 1.29 is 14.6 Å². The molecule has 0 amide bonds. The summed E-state index contributed by atoms with van der Waals surface area (Å²) in [6.45, 7) is 4.32. The highest BCUT2D eigenvalue weighted by atomic mass is 16.5. The minimum atomic E-state index is -0.291. The van der Waals surface area contributed by atoms with E-state index in [2.05, 4.69) is 9.80 Å². The van der Waals surface area contributed by atoms with Gasteiger partial charge in [-0.15, -0.1) is 0 Å². The monoisotopic (exact) mass is 360 g/mol. The number of aliphatic hydroxyl groups excluding tert-OH is 1. The highest BCUT2D eigenvalue weighted by molar-refractivity contribution is 5.89. The maximum Gasteiger partial charge on any atom is 0.337 e. The Kier molecular flexibility index (Phi) is 7.06. The number of piperazine rings is 1. The van der Waals surface area contributed by atoms with Crippen LogP contribution in [0.1, 0.15) is 54.4 Å². The standard InChI is InChI=1S/C21H32N2O3/c1-26-21(25)18-9-7-17(8-10-18)15-22-12-13-23(20(16-22)11-14-24)19-5-3-2-4-6-19/h7-10,19-20,24H,2-6,11-16H2,1H3/t20-/m1/s1. The van der Waals surface area contributed by atoms with Gasteiger partial charge in [-0.2, -0.15) is 0 Å². The van der Waals surface area contributed by atoms with Gasteiger partial charge in [0.05, 0.1) is 12.7 Å². The molecule has 5 nitrogen and oxygen atoms in total. The summed E-state index contributed by atoms with van der Waals surface area (Å²) in [6.07, 6.45) is 7.57. The van der Waals surface area contributed by atoms with Gasteiger partial charge < -0.3 is 9.84 Å². The van der Waals surface area contributed by atoms with Crippen LogP contribution in [0.25, 0.3) is 0 Å². The van der Waals surface area contributed by atoms with Crippen molar-refractivity contribution in [3.63, 3.8) is 0 Å². The Morgan fingerprint density at radius 3 is 2.54 bits per heavy atom. The number of nitrogens with zero attached hydrogens (tertiary/aromatic N) is 2. The van der Waals surface area contributed by atoms with Crippen LogP contribution < -0.4 is 0 Å². The molecule has 1 heterocycles. The molecule has 0 unspecified atom stereocenters. The smallest absolute Gasteiger partial charge is 0.337 e. The molecule has 1 aliphatic heterocycles. The van der Waals surface area contributed by atoms with Crippen LogP contribution in [-0.4, -0.2) is 66.3 Å². The lowest BCUT2D eigenvalue weighted by atomic mass is 9.91. The van der Waals surface area contributed by atoms with Crippen molar-refractivity contribution in [2.75, 3.05) is 33.4 Å². The van der Waals surface area contributed by atoms with E-state index in [9.17, 15) is 9.90 Å². The third-order valence-electron chi connectivity index (χ3n) is 5.90. The average molecular weight is 360 g/mol. The number of benzene rings is 1. The molecule has 1 aromatic rings. The molecule has 0 radical (unpaired) electrons. The summed E-state index contributed by atoms with van der Waals surface area (Å²) < 4.78 is 4.76. The first kappa shape index (κ1) is 19.3. The molecule has 0 bridgehead atoms. The summed E-state index contributed by atoms with van der Waals surface area (Å²) in [6, 6.07) is 8.87. The Hall–Kier alpha value is -1.43. The average Bonchev–Trinajstić information content (AvgIpc) is 2.69. The van der Waals surface area contributed by atoms with Gasteiger partial charge in [0.1, 0.15) is 0 Å². The van der Waals surface area contributed by atoms with Crippen LogP contribution in [-0.2, 0) is 11.3 Å². The molecule has 1 aromatic carbocycles. The number of hydrogen-bond donors (Lipinski definition) is 1. The number of rotatable bonds is 6. The van der Waals surface area contributed by atoms with E-state index in [1.54, 1.807) is 0 Å². The maximum absolute atomic E-state index is 11.6. The molecule has 2 fully saturated rings. The number of carbonyl (C=O) groups excluding carboxylic acids is 1. The SMILES string of the molecule is COC(=O)c1ccc(CN2CCN(C3CCCCC3)[C@H](CCO)C2)cc1. The summed E-state index contributed by atoms with van der Waals surface area (Å²) >= 11 is 0. The first-order chi connectivity index (χ1) is 12.7. The van der Waals surface area contributed by atoms with Gasteiger partial charge in [0.15, 0.2) is 0 Å². The van der Waals surface area contributed by atoms with Crippen molar-refractivity contribution in [1.82, 2.24) is 9.80 Å². The topological polar surface area (TPSA) is 53.0 Å². The van der Waals surface area contributed by atoms with Gasteiger partial charge in [0.2, 0.25) is 0 Å². The van der Waals surface area contributed by atoms with Crippen molar-refractivity contribution in [1.29, 1.82) is 0 Å². The third-order valence-corrected chi connectivity index (χ3v) is 5.90. The Balaban J connectivity index is 1.59. The molecule has 0 spiro atoms. The number of ether oxygens (including phenoxy) is 1. The number of carbonyl (C=O) groups is 1. The van der Waals surface area contributed by atoms with Crippen LogP contribution in [0.3, 0.4) is 0 Å². The van der Waals surface area contributed by atoms with Crippen LogP contribution in [0.15, 0.2) is 24.3 Å². The van der Waals surface area contributed by atoms with Gasteiger partial charge in [0, 0.05) is 44.9 Å². The first-order valence-electron chi connectivity index (χ1n) is 9.97. The Morgan fingerprint density at radius 1 is 1.15 bits per heavy atom. The van der Waals surface area contributed by atoms with Gasteiger partial charge in [-0.3, -0.25) is 9.80 Å². The van der Waals surface area contributed by atoms with Crippen molar-refractivity contribution in [3.8, 4) is 0 Å². The molecule has 2 aliphatic rings. The normalized spacial score (nSPS) is 23.1. The molecule has 3 rings (SSSR count). The van der Waals surface area contributed by atoms with Crippen LogP contribution in [0.4, 0.5) is 0 Å². The van der Waals surface area contributed by atoms with Crippen molar-refractivity contribution >= 4 is 5.97 Å². The van der Waals surface area contributed by atoms with Gasteiger partial charge in [-0.05, 0) is 37.0 Å². The molecule has 144 valence electrons. The van der Waals surface area contributed by atoms with E-state index >= 15 is 0 Å². The second-order valence-corrected chi connectivity index (χ2v) is 7.62. The van der Waals surface area contributed by atoms with Crippen molar-refractivity contribution in [2.24, 2.45) is 0 Å². The quantitative estimate of drug-likeness (QED) is 0.791. The molecule has 5 heteroatoms. The highest BCUT2D eigenvalue weighted by Crippen LogP contribution is 2.27. The van der Waals surface area contributed by atoms with E-state index < -0.39 is 0 Å². The van der Waals surface area contributed by atoms with E-state index in [-0.39, 0.29) is 12.6 Å². The van der Waals surface area contributed by atoms with E-state index in [1.807, 2.05) is 24.3 Å². The second kappa shape index (κ2) is 9.49. The molecule has 1 atom stereocenters. The molecule has 1 N–H and O–H groups in total. The Labute approximate surface area is 156 Å². The van der Waals surface area contributed by atoms with Gasteiger partial charge >= 0.3 is 5.97 Å². The molecule has 1 saturated carbocycles. The second-order valence-electron chi connectivity index (χ2n) is 7.62. The predicted molar refractivity (Wildman–Crippen MR) is 102 cm³/mol. The third kappa shape index (κ3) is 4.84. The van der Waals surface area contributed by atoms with Gasteiger partial charge in [0.25, 0.3) is 0 Å². The number of aliphatic hydroxyl groups is 1. The Morgan fingerprint density at radius 2 is 1.88 bits per heavy atom. The summed E-state index contributed by atoms with van der Waals surface area (Å²) in [5.74, 6) is -0.291. The Bertz CT molecular complexity index is 569. The highest BCUT2D eigenvalue weighted by Gasteiger charge is 2.32. The minimum Gasteiger partial charge on any atom is -0.465 e. The number of methoxy groups -OCH3 is 1. The fraction of sp³-hybridized carbons (Fsp3) is 0.667. The zero-order valence-corrected chi connectivity index (χ0v) is 15.9. The maximum atomic E-state index is 11.6. The van der Waals surface area contributed by atoms with Crippen LogP contribution in [0.2, 0.25) is 0 Å². The summed E-state index contributed by atoms with van der Waals surface area (Å²) in [7, 11) is 1.41. The lowest BCUT2D eigenvalue weighted by Crippen LogP contribution is -2.56. The first-order valence-corrected chi connectivity index (χ1v) is 9.97. The van der Waals surface area contributed by atoms with Crippen LogP contribution >= 0.6 is 0 Å². The predicted octanol–water partition coefficient (Wildman–Crippen LogP) is 2.67. The van der Waals surface area contributed by atoms with Crippen LogP contribution in [0, 0.1) is 0 Å². The molecular formula is C21H32N2O3. The van der Waals surface area contributed by atoms with E-state index in [4.69, 9.17) is 4.74 Å². The molecule has 1 aliphatic carbocycles. The zero-order valence-electron chi connectivity index (χ0n) is 15.9. The van der Waals surface area contributed by atoms with E-state index in [0.717, 1.165) is 32.6 Å². The largest absolute Gasteiger partial charge is 0.465 e. The van der Waals surface area contributed by atoms with E-state index in [1.165, 1.54) is 44.8 Å². The lowest BCUT2D eigenvalue weighted by molar-refractivity contribution is 0.0137. The lowest BCUT2D eigenvalue weighted by Gasteiger charge is -2.46. The number of esters is 1. The van der Waals surface area contributed by atoms with Crippen molar-refractivity contribution in [2.45, 2.75) is 57.2 Å². The zero-order chi connectivity index (χ0) is 18.4. The summed E-state index contributed by atoms with van der Waals surface area (Å²) in [5, 5.41) is 9.53. The summed E-state index contributed by atoms with van der Waals surface area (Å²) in [4.78, 5) is 16.7. The number of hydrogen-bond acceptors (Lipinski definition) is 5. The van der Waals surface area contributed by atoms with Gasteiger partial charge in [-0.1, -0.05) is 31.4 Å². The van der Waals surface area contributed by atoms with E-state index in [0.29, 0.717) is 17.6 Å². The fourth-order valence-electron chi connectivity index (χ4n) is 4.50. The fourth-order valence-corrected chi connectivity index (χ4v) is 4.50. The summed E-state index contributed by atoms with van der Waals surface area (Å²) in [5.41, 5.74) is 1.81. The minimum absolute atomic E-state index is 0.259.